The number of nitrogens with one attached hydrogen (secondary N) is 1. The van der Waals surface area contributed by atoms with Gasteiger partial charge in [-0.05, 0) is 19.1 Å². The number of nitrogens with zero attached hydrogens (tertiary/aromatic N) is 1. The molecular weight excluding hydrogens is 243 g/mol. The fraction of sp³-hybridized carbons (Fsp3) is 0.182. The zero-order valence-corrected chi connectivity index (χ0v) is 10.0. The summed E-state index contributed by atoms with van der Waals surface area (Å²) in [6, 6.07) is 5.00. The highest BCUT2D eigenvalue weighted by Gasteiger charge is 2.20. The third kappa shape index (κ3) is 3.12. The summed E-state index contributed by atoms with van der Waals surface area (Å²) in [5, 5.41) is 8.74. The van der Waals surface area contributed by atoms with Crippen LogP contribution in [0.25, 0.3) is 0 Å². The van der Waals surface area contributed by atoms with Crippen molar-refractivity contribution in [3.8, 4) is 6.07 Å². The molecule has 1 aromatic rings. The van der Waals surface area contributed by atoms with Gasteiger partial charge >= 0.3 is 0 Å². The average Bonchev–Trinajstić information content (AvgIpc) is 2.26. The molecule has 0 aliphatic heterocycles. The SMILES string of the molecule is C=C(C)CNS(=O)(=O)c1cccc(F)c1C#N. The number of rotatable bonds is 4. The first-order valence-electron chi connectivity index (χ1n) is 4.71. The van der Waals surface area contributed by atoms with Crippen LogP contribution in [0.3, 0.4) is 0 Å². The second kappa shape index (κ2) is 5.08. The molecule has 0 bridgehead atoms. The van der Waals surface area contributed by atoms with E-state index in [0.717, 1.165) is 6.07 Å². The van der Waals surface area contributed by atoms with Crippen molar-refractivity contribution in [2.75, 3.05) is 6.54 Å². The van der Waals surface area contributed by atoms with Crippen LogP contribution in [-0.4, -0.2) is 15.0 Å². The molecule has 0 aromatic heterocycles. The lowest BCUT2D eigenvalue weighted by Crippen LogP contribution is -2.26. The topological polar surface area (TPSA) is 70.0 Å². The van der Waals surface area contributed by atoms with Crippen molar-refractivity contribution in [1.29, 1.82) is 5.26 Å². The minimum absolute atomic E-state index is 0.0454. The molecule has 0 radical (unpaired) electrons. The van der Waals surface area contributed by atoms with Gasteiger partial charge in [-0.25, -0.2) is 17.5 Å². The van der Waals surface area contributed by atoms with Crippen molar-refractivity contribution in [1.82, 2.24) is 4.72 Å². The van der Waals surface area contributed by atoms with Gasteiger partial charge in [0.25, 0.3) is 0 Å². The maximum absolute atomic E-state index is 13.2. The lowest BCUT2D eigenvalue weighted by molar-refractivity contribution is 0.579. The third-order valence-corrected chi connectivity index (χ3v) is 3.38. The standard InChI is InChI=1S/C11H11FN2O2S/c1-8(2)7-14-17(15,16)11-5-3-4-10(12)9(11)6-13/h3-5,14H,1,7H2,2H3. The van der Waals surface area contributed by atoms with Gasteiger partial charge in [0.1, 0.15) is 22.3 Å². The van der Waals surface area contributed by atoms with Crippen LogP contribution in [0.15, 0.2) is 35.2 Å². The maximum Gasteiger partial charge on any atom is 0.242 e. The van der Waals surface area contributed by atoms with Gasteiger partial charge in [-0.2, -0.15) is 5.26 Å². The molecule has 90 valence electrons. The van der Waals surface area contributed by atoms with Crippen LogP contribution >= 0.6 is 0 Å². The van der Waals surface area contributed by atoms with E-state index in [1.54, 1.807) is 13.0 Å². The zero-order chi connectivity index (χ0) is 13.1. The Labute approximate surface area is 99.4 Å². The quantitative estimate of drug-likeness (QED) is 0.829. The first kappa shape index (κ1) is 13.4. The largest absolute Gasteiger partial charge is 0.242 e. The molecule has 0 saturated heterocycles. The summed E-state index contributed by atoms with van der Waals surface area (Å²) in [7, 11) is -3.89. The second-order valence-corrected chi connectivity index (χ2v) is 5.24. The van der Waals surface area contributed by atoms with Gasteiger partial charge in [-0.1, -0.05) is 18.2 Å². The fourth-order valence-electron chi connectivity index (χ4n) is 1.13. The van der Waals surface area contributed by atoms with Gasteiger partial charge in [0, 0.05) is 6.54 Å². The second-order valence-electron chi connectivity index (χ2n) is 3.51. The molecule has 1 N–H and O–H groups in total. The van der Waals surface area contributed by atoms with Crippen molar-refractivity contribution in [3.05, 3.63) is 41.7 Å². The molecular formula is C11H11FN2O2S. The predicted octanol–water partition coefficient (Wildman–Crippen LogP) is 1.55. The number of benzene rings is 1. The number of halogens is 1. The monoisotopic (exact) mass is 254 g/mol. The molecule has 1 aromatic carbocycles. The molecule has 0 unspecified atom stereocenters. The Morgan fingerprint density at radius 3 is 2.76 bits per heavy atom. The number of sulfonamides is 1. The Morgan fingerprint density at radius 2 is 2.24 bits per heavy atom. The molecule has 0 aliphatic rings. The summed E-state index contributed by atoms with van der Waals surface area (Å²) in [4.78, 5) is -0.360. The Balaban J connectivity index is 3.21. The summed E-state index contributed by atoms with van der Waals surface area (Å²) in [5.74, 6) is -0.856. The van der Waals surface area contributed by atoms with E-state index >= 15 is 0 Å². The number of nitriles is 1. The molecule has 0 aliphatic carbocycles. The average molecular weight is 254 g/mol. The minimum atomic E-state index is -3.89. The van der Waals surface area contributed by atoms with Crippen molar-refractivity contribution in [3.63, 3.8) is 0 Å². The van der Waals surface area contributed by atoms with E-state index in [1.165, 1.54) is 12.1 Å². The molecule has 17 heavy (non-hydrogen) atoms. The van der Waals surface area contributed by atoms with Crippen LogP contribution in [0.4, 0.5) is 4.39 Å². The Morgan fingerprint density at radius 1 is 1.59 bits per heavy atom. The Kier molecular flexibility index (Phi) is 3.99. The molecule has 0 atom stereocenters. The lowest BCUT2D eigenvalue weighted by Gasteiger charge is -2.08. The van der Waals surface area contributed by atoms with Crippen LogP contribution in [0, 0.1) is 17.1 Å². The molecule has 0 saturated carbocycles. The van der Waals surface area contributed by atoms with Gasteiger partial charge in [0.05, 0.1) is 0 Å². The van der Waals surface area contributed by atoms with E-state index in [0.29, 0.717) is 5.57 Å². The van der Waals surface area contributed by atoms with E-state index in [1.807, 2.05) is 0 Å². The summed E-state index contributed by atoms with van der Waals surface area (Å²) in [5.41, 5.74) is 0.130. The third-order valence-electron chi connectivity index (χ3n) is 1.94. The molecule has 0 amide bonds. The van der Waals surface area contributed by atoms with Crippen molar-refractivity contribution in [2.45, 2.75) is 11.8 Å². The highest BCUT2D eigenvalue weighted by atomic mass is 32.2. The van der Waals surface area contributed by atoms with Gasteiger partial charge in [-0.3, -0.25) is 0 Å². The summed E-state index contributed by atoms with van der Waals surface area (Å²) < 4.78 is 39.1. The van der Waals surface area contributed by atoms with E-state index in [2.05, 4.69) is 11.3 Å². The first-order chi connectivity index (χ1) is 7.88. The van der Waals surface area contributed by atoms with Crippen LogP contribution < -0.4 is 4.72 Å². The van der Waals surface area contributed by atoms with Crippen LogP contribution in [0.5, 0.6) is 0 Å². The van der Waals surface area contributed by atoms with Crippen molar-refractivity contribution < 1.29 is 12.8 Å². The molecule has 0 spiro atoms. The van der Waals surface area contributed by atoms with Crippen LogP contribution in [0.1, 0.15) is 12.5 Å². The lowest BCUT2D eigenvalue weighted by atomic mass is 10.2. The van der Waals surface area contributed by atoms with Gasteiger partial charge < -0.3 is 0 Å². The first-order valence-corrected chi connectivity index (χ1v) is 6.19. The van der Waals surface area contributed by atoms with Crippen LogP contribution in [0.2, 0.25) is 0 Å². The van der Waals surface area contributed by atoms with Gasteiger partial charge in [-0.15, -0.1) is 0 Å². The highest BCUT2D eigenvalue weighted by molar-refractivity contribution is 7.89. The zero-order valence-electron chi connectivity index (χ0n) is 9.20. The fourth-order valence-corrected chi connectivity index (χ4v) is 2.39. The van der Waals surface area contributed by atoms with Gasteiger partial charge in [0.2, 0.25) is 10.0 Å². The molecule has 0 heterocycles. The van der Waals surface area contributed by atoms with E-state index < -0.39 is 21.4 Å². The molecule has 4 nitrogen and oxygen atoms in total. The van der Waals surface area contributed by atoms with E-state index in [4.69, 9.17) is 5.26 Å². The van der Waals surface area contributed by atoms with E-state index in [9.17, 15) is 12.8 Å². The predicted molar refractivity (Wildman–Crippen MR) is 61.1 cm³/mol. The smallest absolute Gasteiger partial charge is 0.207 e. The Hall–Kier alpha value is -1.71. The normalized spacial score (nSPS) is 10.9. The highest BCUT2D eigenvalue weighted by Crippen LogP contribution is 2.17. The van der Waals surface area contributed by atoms with E-state index in [-0.39, 0.29) is 11.4 Å². The van der Waals surface area contributed by atoms with Gasteiger partial charge in [0.15, 0.2) is 0 Å². The summed E-state index contributed by atoms with van der Waals surface area (Å²) in [6.45, 7) is 5.24. The number of hydrogen-bond acceptors (Lipinski definition) is 3. The molecule has 1 rings (SSSR count). The molecule has 0 fully saturated rings. The van der Waals surface area contributed by atoms with Crippen LogP contribution in [-0.2, 0) is 10.0 Å². The summed E-state index contributed by atoms with van der Waals surface area (Å²) >= 11 is 0. The molecule has 6 heteroatoms. The summed E-state index contributed by atoms with van der Waals surface area (Å²) in [6.07, 6.45) is 0. The Bertz CT molecular complexity index is 588. The minimum Gasteiger partial charge on any atom is -0.207 e. The maximum atomic E-state index is 13.2. The van der Waals surface area contributed by atoms with Crippen molar-refractivity contribution in [2.24, 2.45) is 0 Å². The van der Waals surface area contributed by atoms with Crippen molar-refractivity contribution >= 4 is 10.0 Å². The number of hydrogen-bond donors (Lipinski definition) is 1.